The van der Waals surface area contributed by atoms with E-state index in [9.17, 15) is 9.18 Å². The summed E-state index contributed by atoms with van der Waals surface area (Å²) < 4.78 is 13.2. The molecule has 0 aliphatic rings. The normalized spacial score (nSPS) is 9.38. The van der Waals surface area contributed by atoms with Gasteiger partial charge in [0.1, 0.15) is 5.82 Å². The smallest absolute Gasteiger partial charge is 0.211 e. The molecular formula is C10H10FNO. The van der Waals surface area contributed by atoms with Crippen molar-refractivity contribution in [1.82, 2.24) is 0 Å². The van der Waals surface area contributed by atoms with Crippen LogP contribution < -0.4 is 0 Å². The fourth-order valence-electron chi connectivity index (χ4n) is 1.22. The number of nitrogens with zero attached hydrogens (tertiary/aromatic N) is 1. The number of hydrogen-bond acceptors (Lipinski definition) is 2. The van der Waals surface area contributed by atoms with Gasteiger partial charge in [-0.3, -0.25) is 0 Å². The minimum atomic E-state index is -0.307. The van der Waals surface area contributed by atoms with E-state index >= 15 is 0 Å². The number of aryl methyl sites for hydroxylation is 1. The lowest BCUT2D eigenvalue weighted by atomic mass is 10.1. The second kappa shape index (κ2) is 4.53. The van der Waals surface area contributed by atoms with Crippen molar-refractivity contribution in [2.24, 2.45) is 4.99 Å². The number of rotatable bonds is 3. The molecule has 0 atom stereocenters. The number of isocyanates is 1. The van der Waals surface area contributed by atoms with E-state index in [1.54, 1.807) is 6.07 Å². The van der Waals surface area contributed by atoms with Crippen molar-refractivity contribution in [1.29, 1.82) is 0 Å². The number of aliphatic imine (C=N–C) groups is 1. The van der Waals surface area contributed by atoms with Gasteiger partial charge in [-0.25, -0.2) is 14.2 Å². The Balaban J connectivity index is 3.06. The highest BCUT2D eigenvalue weighted by molar-refractivity contribution is 5.35. The van der Waals surface area contributed by atoms with Gasteiger partial charge in [-0.15, -0.1) is 0 Å². The Bertz CT molecular complexity index is 343. The first kappa shape index (κ1) is 9.62. The third kappa shape index (κ3) is 2.23. The van der Waals surface area contributed by atoms with Crippen LogP contribution in [0.4, 0.5) is 4.39 Å². The van der Waals surface area contributed by atoms with Crippen LogP contribution in [-0.2, 0) is 17.8 Å². The Morgan fingerprint density at radius 3 is 2.92 bits per heavy atom. The first-order valence-electron chi connectivity index (χ1n) is 4.09. The highest BCUT2D eigenvalue weighted by atomic mass is 19.1. The molecule has 0 spiro atoms. The Kier molecular flexibility index (Phi) is 3.35. The van der Waals surface area contributed by atoms with Crippen LogP contribution in [0.15, 0.2) is 23.2 Å². The molecule has 0 fully saturated rings. The number of benzene rings is 1. The van der Waals surface area contributed by atoms with Gasteiger partial charge in [0.15, 0.2) is 0 Å². The summed E-state index contributed by atoms with van der Waals surface area (Å²) >= 11 is 0. The average molecular weight is 179 g/mol. The van der Waals surface area contributed by atoms with E-state index in [2.05, 4.69) is 4.99 Å². The molecule has 3 heteroatoms. The highest BCUT2D eigenvalue weighted by Gasteiger charge is 2.05. The van der Waals surface area contributed by atoms with Crippen LogP contribution in [0, 0.1) is 5.82 Å². The Morgan fingerprint density at radius 1 is 1.54 bits per heavy atom. The summed E-state index contributed by atoms with van der Waals surface area (Å²) in [5, 5.41) is 0. The number of carbonyl (C=O) groups excluding carboxylic acids is 1. The summed E-state index contributed by atoms with van der Waals surface area (Å²) in [6.45, 7) is 2.02. The van der Waals surface area contributed by atoms with Gasteiger partial charge >= 0.3 is 0 Å². The summed E-state index contributed by atoms with van der Waals surface area (Å²) in [5.41, 5.74) is 1.38. The summed E-state index contributed by atoms with van der Waals surface area (Å²) in [5.74, 6) is -0.307. The van der Waals surface area contributed by atoms with Gasteiger partial charge < -0.3 is 0 Å². The molecule has 1 aromatic carbocycles. The van der Waals surface area contributed by atoms with E-state index in [0.29, 0.717) is 5.56 Å². The van der Waals surface area contributed by atoms with Crippen molar-refractivity contribution in [2.45, 2.75) is 19.9 Å². The second-order valence-electron chi connectivity index (χ2n) is 2.64. The van der Waals surface area contributed by atoms with Gasteiger partial charge in [-0.2, -0.15) is 0 Å². The summed E-state index contributed by atoms with van der Waals surface area (Å²) in [6, 6.07) is 4.86. The van der Waals surface area contributed by atoms with E-state index < -0.39 is 0 Å². The van der Waals surface area contributed by atoms with Crippen LogP contribution in [0.25, 0.3) is 0 Å². The maximum Gasteiger partial charge on any atom is 0.235 e. The lowest BCUT2D eigenvalue weighted by molar-refractivity contribution is 0.561. The zero-order valence-electron chi connectivity index (χ0n) is 7.38. The summed E-state index contributed by atoms with van der Waals surface area (Å²) in [6.07, 6.45) is 2.14. The van der Waals surface area contributed by atoms with E-state index in [4.69, 9.17) is 0 Å². The molecule has 68 valence electrons. The molecular weight excluding hydrogens is 169 g/mol. The molecule has 0 aliphatic heterocycles. The van der Waals surface area contributed by atoms with Crippen molar-refractivity contribution in [3.63, 3.8) is 0 Å². The molecule has 0 unspecified atom stereocenters. The zero-order valence-corrected chi connectivity index (χ0v) is 7.38. The van der Waals surface area contributed by atoms with E-state index in [1.165, 1.54) is 12.1 Å². The maximum absolute atomic E-state index is 13.2. The van der Waals surface area contributed by atoms with Crippen LogP contribution >= 0.6 is 0 Å². The van der Waals surface area contributed by atoms with Crippen molar-refractivity contribution < 1.29 is 9.18 Å². The van der Waals surface area contributed by atoms with E-state index in [-0.39, 0.29) is 12.4 Å². The minimum Gasteiger partial charge on any atom is -0.211 e. The largest absolute Gasteiger partial charge is 0.235 e. The average Bonchev–Trinajstić information content (AvgIpc) is 2.15. The van der Waals surface area contributed by atoms with Crippen LogP contribution in [0.3, 0.4) is 0 Å². The third-order valence-corrected chi connectivity index (χ3v) is 1.90. The standard InChI is InChI=1S/C10H10FNO/c1-2-8-4-3-5-10(11)9(8)6-12-7-13/h3-5H,2,6H2,1H3. The second-order valence-corrected chi connectivity index (χ2v) is 2.64. The third-order valence-electron chi connectivity index (χ3n) is 1.90. The van der Waals surface area contributed by atoms with Gasteiger partial charge in [-0.1, -0.05) is 19.1 Å². The molecule has 0 heterocycles. The first-order chi connectivity index (χ1) is 6.29. The van der Waals surface area contributed by atoms with Crippen molar-refractivity contribution in [3.8, 4) is 0 Å². The lowest BCUT2D eigenvalue weighted by Gasteiger charge is -2.04. The predicted octanol–water partition coefficient (Wildman–Crippen LogP) is 2.22. The monoisotopic (exact) mass is 179 g/mol. The van der Waals surface area contributed by atoms with Gasteiger partial charge in [0, 0.05) is 5.56 Å². The molecule has 0 N–H and O–H groups in total. The SMILES string of the molecule is CCc1cccc(F)c1CN=C=O. The van der Waals surface area contributed by atoms with Gasteiger partial charge in [0.2, 0.25) is 6.08 Å². The van der Waals surface area contributed by atoms with Crippen molar-refractivity contribution >= 4 is 6.08 Å². The Morgan fingerprint density at radius 2 is 2.31 bits per heavy atom. The van der Waals surface area contributed by atoms with Crippen LogP contribution in [-0.4, -0.2) is 6.08 Å². The van der Waals surface area contributed by atoms with Gasteiger partial charge in [0.05, 0.1) is 6.54 Å². The predicted molar refractivity (Wildman–Crippen MR) is 47.6 cm³/mol. The summed E-state index contributed by atoms with van der Waals surface area (Å²) in [4.78, 5) is 13.2. The van der Waals surface area contributed by atoms with Crippen LogP contribution in [0.5, 0.6) is 0 Å². The molecule has 0 amide bonds. The Labute approximate surface area is 76.1 Å². The molecule has 0 aliphatic carbocycles. The minimum absolute atomic E-state index is 0.0827. The molecule has 13 heavy (non-hydrogen) atoms. The lowest BCUT2D eigenvalue weighted by Crippen LogP contribution is -1.95. The number of hydrogen-bond donors (Lipinski definition) is 0. The highest BCUT2D eigenvalue weighted by Crippen LogP contribution is 2.14. The molecule has 1 aromatic rings. The maximum atomic E-state index is 13.2. The summed E-state index contributed by atoms with van der Waals surface area (Å²) in [7, 11) is 0. The molecule has 0 saturated heterocycles. The van der Waals surface area contributed by atoms with E-state index in [0.717, 1.165) is 12.0 Å². The van der Waals surface area contributed by atoms with E-state index in [1.807, 2.05) is 13.0 Å². The number of halogens is 1. The van der Waals surface area contributed by atoms with Crippen molar-refractivity contribution in [2.75, 3.05) is 0 Å². The van der Waals surface area contributed by atoms with Crippen molar-refractivity contribution in [3.05, 3.63) is 35.1 Å². The first-order valence-corrected chi connectivity index (χ1v) is 4.09. The Hall–Kier alpha value is -1.47. The zero-order chi connectivity index (χ0) is 9.68. The fourth-order valence-corrected chi connectivity index (χ4v) is 1.22. The quantitative estimate of drug-likeness (QED) is 0.516. The molecule has 0 bridgehead atoms. The molecule has 2 nitrogen and oxygen atoms in total. The van der Waals surface area contributed by atoms with Crippen LogP contribution in [0.1, 0.15) is 18.1 Å². The molecule has 0 saturated carbocycles. The topological polar surface area (TPSA) is 29.4 Å². The van der Waals surface area contributed by atoms with Crippen LogP contribution in [0.2, 0.25) is 0 Å². The molecule has 0 radical (unpaired) electrons. The molecule has 1 rings (SSSR count). The van der Waals surface area contributed by atoms with Gasteiger partial charge in [0.25, 0.3) is 0 Å². The molecule has 0 aromatic heterocycles. The fraction of sp³-hybridized carbons (Fsp3) is 0.300. The van der Waals surface area contributed by atoms with Gasteiger partial charge in [-0.05, 0) is 18.1 Å².